The van der Waals surface area contributed by atoms with Crippen LogP contribution in [0, 0.1) is 31.6 Å². The Morgan fingerprint density at radius 2 is 1.74 bits per heavy atom. The van der Waals surface area contributed by atoms with E-state index in [1.165, 1.54) is 0 Å². The molecule has 2 bridgehead atoms. The molecule has 5 rings (SSSR count). The smallest absolute Gasteiger partial charge is 0.248 e. The number of nitrogens with one attached hydrogen (secondary N) is 2. The summed E-state index contributed by atoms with van der Waals surface area (Å²) in [6.07, 6.45) is 2.04. The maximum atomic E-state index is 14.3. The van der Waals surface area contributed by atoms with E-state index in [2.05, 4.69) is 10.6 Å². The molecule has 3 fully saturated rings. The van der Waals surface area contributed by atoms with E-state index in [0.29, 0.717) is 18.5 Å². The second-order valence-corrected chi connectivity index (χ2v) is 13.0. The van der Waals surface area contributed by atoms with Crippen molar-refractivity contribution in [1.82, 2.24) is 4.90 Å². The number of anilines is 2. The van der Waals surface area contributed by atoms with Gasteiger partial charge in [0.25, 0.3) is 0 Å². The van der Waals surface area contributed by atoms with Crippen molar-refractivity contribution in [2.24, 2.45) is 17.8 Å². The average molecular weight is 536 g/mol. The number of nitrogens with zero attached hydrogens (tertiary/aromatic N) is 1. The molecule has 3 N–H and O–H groups in total. The first-order valence-corrected chi connectivity index (χ1v) is 14.4. The fraction of sp³-hybridized carbons (Fsp3) is 0.500. The first-order valence-electron chi connectivity index (χ1n) is 13.5. The van der Waals surface area contributed by atoms with Crippen LogP contribution in [0.5, 0.6) is 0 Å². The van der Waals surface area contributed by atoms with Crippen molar-refractivity contribution >= 4 is 40.9 Å². The summed E-state index contributed by atoms with van der Waals surface area (Å²) in [5.41, 5.74) is 3.35. The maximum absolute atomic E-state index is 14.3. The molecule has 202 valence electrons. The lowest BCUT2D eigenvalue weighted by atomic mass is 9.70. The van der Waals surface area contributed by atoms with Crippen LogP contribution < -0.4 is 10.6 Å². The first kappa shape index (κ1) is 26.8. The molecule has 0 aliphatic carbocycles. The summed E-state index contributed by atoms with van der Waals surface area (Å²) < 4.78 is -0.703. The lowest BCUT2D eigenvalue weighted by molar-refractivity contribution is -0.141. The van der Waals surface area contributed by atoms with E-state index in [-0.39, 0.29) is 35.5 Å². The first-order chi connectivity index (χ1) is 18.2. The fourth-order valence-corrected chi connectivity index (χ4v) is 9.06. The minimum Gasteiger partial charge on any atom is -0.394 e. The van der Waals surface area contributed by atoms with Gasteiger partial charge in [-0.05, 0) is 62.3 Å². The Morgan fingerprint density at radius 1 is 1.05 bits per heavy atom. The highest BCUT2D eigenvalue weighted by molar-refractivity contribution is 8.02. The highest BCUT2D eigenvalue weighted by atomic mass is 32.2. The van der Waals surface area contributed by atoms with Crippen molar-refractivity contribution in [2.45, 2.75) is 69.0 Å². The van der Waals surface area contributed by atoms with Crippen LogP contribution in [0.2, 0.25) is 0 Å². The Hall–Kier alpha value is -2.84. The van der Waals surface area contributed by atoms with Crippen LogP contribution in [-0.4, -0.2) is 56.4 Å². The van der Waals surface area contributed by atoms with Gasteiger partial charge in [-0.25, -0.2) is 0 Å². The molecule has 7 nitrogen and oxygen atoms in total. The minimum absolute atomic E-state index is 0.0250. The van der Waals surface area contributed by atoms with E-state index < -0.39 is 28.7 Å². The van der Waals surface area contributed by atoms with E-state index >= 15 is 0 Å². The van der Waals surface area contributed by atoms with E-state index in [1.807, 2.05) is 76.2 Å². The molecule has 1 spiro atoms. The second-order valence-electron chi connectivity index (χ2n) is 11.4. The third-order valence-corrected chi connectivity index (χ3v) is 10.4. The molecule has 8 heteroatoms. The summed E-state index contributed by atoms with van der Waals surface area (Å²) in [4.78, 5) is 43.7. The Kier molecular flexibility index (Phi) is 7.31. The fourth-order valence-electron chi connectivity index (χ4n) is 6.85. The predicted molar refractivity (Wildman–Crippen MR) is 151 cm³/mol. The standard InChI is InChI=1S/C30H37N3O4S/c1-17(2)15-21(16-34)33-26(28(36)32-25-18(3)9-8-10-19(25)4)30-14-13-22(38-30)23(24(30)29(33)37)27(35)31-20-11-6-5-7-12-20/h5-12,17,21-24,26,34H,13-16H2,1-4H3,(H,31,35)(H,32,36)/t21-,22-,23+,24+,26?,30?/m1/s1. The van der Waals surface area contributed by atoms with E-state index in [4.69, 9.17) is 0 Å². The van der Waals surface area contributed by atoms with E-state index in [1.54, 1.807) is 16.7 Å². The predicted octanol–water partition coefficient (Wildman–Crippen LogP) is 4.38. The van der Waals surface area contributed by atoms with Gasteiger partial charge in [0.2, 0.25) is 17.7 Å². The Balaban J connectivity index is 1.53. The van der Waals surface area contributed by atoms with Crippen molar-refractivity contribution in [3.8, 4) is 0 Å². The molecule has 2 aromatic carbocycles. The van der Waals surface area contributed by atoms with Gasteiger partial charge in [-0.2, -0.15) is 0 Å². The largest absolute Gasteiger partial charge is 0.394 e. The number of aliphatic hydroxyl groups excluding tert-OH is 1. The zero-order valence-electron chi connectivity index (χ0n) is 22.4. The van der Waals surface area contributed by atoms with Gasteiger partial charge in [0.05, 0.1) is 29.2 Å². The zero-order valence-corrected chi connectivity index (χ0v) is 23.3. The number of hydrogen-bond donors (Lipinski definition) is 3. The van der Waals surface area contributed by atoms with Crippen LogP contribution >= 0.6 is 11.8 Å². The molecule has 0 radical (unpaired) electrons. The summed E-state index contributed by atoms with van der Waals surface area (Å²) in [5.74, 6) is -1.51. The lowest BCUT2D eigenvalue weighted by Crippen LogP contribution is -2.55. The van der Waals surface area contributed by atoms with Gasteiger partial charge >= 0.3 is 0 Å². The molecule has 3 heterocycles. The number of para-hydroxylation sites is 2. The minimum atomic E-state index is -0.764. The molecule has 0 saturated carbocycles. The topological polar surface area (TPSA) is 98.7 Å². The second kappa shape index (κ2) is 10.4. The molecule has 2 aromatic rings. The summed E-state index contributed by atoms with van der Waals surface area (Å²) in [7, 11) is 0. The molecule has 0 aromatic heterocycles. The number of aliphatic hydroxyl groups is 1. The molecule has 6 atom stereocenters. The molecule has 3 saturated heterocycles. The number of likely N-dealkylation sites (tertiary alicyclic amines) is 1. The SMILES string of the molecule is Cc1cccc(C)c1NC(=O)C1N([C@@H](CO)CC(C)C)C(=O)[C@@H]2[C@@H](C(=O)Nc3ccccc3)[C@H]3CCC12S3. The summed E-state index contributed by atoms with van der Waals surface area (Å²) in [6.45, 7) is 7.77. The molecule has 3 aliphatic rings. The van der Waals surface area contributed by atoms with Crippen molar-refractivity contribution in [3.63, 3.8) is 0 Å². The number of carbonyl (C=O) groups is 3. The normalized spacial score (nSPS) is 28.5. The van der Waals surface area contributed by atoms with Gasteiger partial charge in [0.15, 0.2) is 0 Å². The number of rotatable bonds is 8. The van der Waals surface area contributed by atoms with Crippen molar-refractivity contribution in [3.05, 3.63) is 59.7 Å². The highest BCUT2D eigenvalue weighted by Crippen LogP contribution is 2.66. The van der Waals surface area contributed by atoms with Gasteiger partial charge in [-0.15, -0.1) is 11.8 Å². The maximum Gasteiger partial charge on any atom is 0.248 e. The van der Waals surface area contributed by atoms with Crippen molar-refractivity contribution < 1.29 is 19.5 Å². The molecule has 3 amide bonds. The van der Waals surface area contributed by atoms with Crippen LogP contribution in [0.1, 0.15) is 44.2 Å². The molecule has 38 heavy (non-hydrogen) atoms. The van der Waals surface area contributed by atoms with Gasteiger partial charge < -0.3 is 20.6 Å². The van der Waals surface area contributed by atoms with Crippen LogP contribution in [0.15, 0.2) is 48.5 Å². The number of benzene rings is 2. The Labute approximate surface area is 228 Å². The van der Waals surface area contributed by atoms with Crippen LogP contribution in [0.25, 0.3) is 0 Å². The van der Waals surface area contributed by atoms with Crippen molar-refractivity contribution in [2.75, 3.05) is 17.2 Å². The Morgan fingerprint density at radius 3 is 2.37 bits per heavy atom. The van der Waals surface area contributed by atoms with Gasteiger partial charge in [0.1, 0.15) is 6.04 Å². The number of thioether (sulfide) groups is 1. The molecular formula is C30H37N3O4S. The summed E-state index contributed by atoms with van der Waals surface area (Å²) in [6, 6.07) is 13.9. The molecule has 3 aliphatic heterocycles. The van der Waals surface area contributed by atoms with Gasteiger partial charge in [0, 0.05) is 16.6 Å². The quantitative estimate of drug-likeness (QED) is 0.466. The van der Waals surface area contributed by atoms with Crippen molar-refractivity contribution in [1.29, 1.82) is 0 Å². The van der Waals surface area contributed by atoms with E-state index in [9.17, 15) is 19.5 Å². The van der Waals surface area contributed by atoms with Crippen LogP contribution in [-0.2, 0) is 14.4 Å². The summed E-state index contributed by atoms with van der Waals surface area (Å²) in [5, 5.41) is 16.6. The number of carbonyl (C=O) groups excluding carboxylic acids is 3. The van der Waals surface area contributed by atoms with Gasteiger partial charge in [-0.3, -0.25) is 14.4 Å². The monoisotopic (exact) mass is 535 g/mol. The zero-order chi connectivity index (χ0) is 27.2. The number of fused-ring (bicyclic) bond motifs is 1. The molecule has 2 unspecified atom stereocenters. The average Bonchev–Trinajstić information content (AvgIpc) is 3.52. The van der Waals surface area contributed by atoms with Crippen LogP contribution in [0.3, 0.4) is 0 Å². The van der Waals surface area contributed by atoms with E-state index in [0.717, 1.165) is 23.2 Å². The van der Waals surface area contributed by atoms with Crippen LogP contribution in [0.4, 0.5) is 11.4 Å². The summed E-state index contributed by atoms with van der Waals surface area (Å²) >= 11 is 1.64. The van der Waals surface area contributed by atoms with Gasteiger partial charge in [-0.1, -0.05) is 50.2 Å². The third kappa shape index (κ3) is 4.41. The number of aryl methyl sites for hydroxylation is 2. The number of hydrogen-bond acceptors (Lipinski definition) is 5. The lowest BCUT2D eigenvalue weighted by Gasteiger charge is -2.37. The number of amides is 3. The Bertz CT molecular complexity index is 1220. The third-order valence-electron chi connectivity index (χ3n) is 8.41. The molecular weight excluding hydrogens is 498 g/mol. The highest BCUT2D eigenvalue weighted by Gasteiger charge is 2.74.